The number of nitrogens with one attached hydrogen (secondary N) is 2. The Hall–Kier alpha value is -3.20. The highest BCUT2D eigenvalue weighted by atomic mass is 32.2. The molecule has 1 amide bonds. The normalized spacial score (nSPS) is 15.7. The molecule has 0 spiro atoms. The fourth-order valence-corrected chi connectivity index (χ4v) is 4.68. The summed E-state index contributed by atoms with van der Waals surface area (Å²) in [5, 5.41) is 9.85. The first-order chi connectivity index (χ1) is 14.4. The van der Waals surface area contributed by atoms with Gasteiger partial charge in [-0.15, -0.1) is 0 Å². The number of aryl methyl sites for hydroxylation is 1. The van der Waals surface area contributed by atoms with Gasteiger partial charge >= 0.3 is 0 Å². The molecule has 3 aromatic rings. The maximum atomic E-state index is 12.8. The molecule has 1 fully saturated rings. The van der Waals surface area contributed by atoms with E-state index in [0.717, 1.165) is 34.6 Å². The number of carbonyl (C=O) groups is 1. The second-order valence-electron chi connectivity index (χ2n) is 7.21. The van der Waals surface area contributed by atoms with Crippen molar-refractivity contribution in [3.63, 3.8) is 0 Å². The number of H-pyrrole nitrogens is 1. The van der Waals surface area contributed by atoms with Crippen molar-refractivity contribution >= 4 is 27.1 Å². The van der Waals surface area contributed by atoms with Crippen molar-refractivity contribution in [2.45, 2.75) is 13.3 Å². The molecule has 1 aromatic carbocycles. The average molecular weight is 426 g/mol. The Morgan fingerprint density at radius 2 is 1.97 bits per heavy atom. The van der Waals surface area contributed by atoms with E-state index in [-0.39, 0.29) is 17.4 Å². The van der Waals surface area contributed by atoms with E-state index in [1.54, 1.807) is 18.5 Å². The number of aromatic amines is 1. The minimum absolute atomic E-state index is 0.173. The zero-order valence-electron chi connectivity index (χ0n) is 16.6. The summed E-state index contributed by atoms with van der Waals surface area (Å²) in [5.74, 6) is 0.102. The Bertz CT molecular complexity index is 1150. The first kappa shape index (κ1) is 20.1. The van der Waals surface area contributed by atoms with Gasteiger partial charge in [0.2, 0.25) is 0 Å². The third-order valence-electron chi connectivity index (χ3n) is 5.22. The van der Waals surface area contributed by atoms with Crippen LogP contribution < -0.4 is 10.2 Å². The number of rotatable bonds is 5. The van der Waals surface area contributed by atoms with Gasteiger partial charge in [-0.3, -0.25) is 14.9 Å². The van der Waals surface area contributed by atoms with Crippen molar-refractivity contribution in [2.24, 2.45) is 0 Å². The molecule has 30 heavy (non-hydrogen) atoms. The zero-order chi connectivity index (χ0) is 21.1. The van der Waals surface area contributed by atoms with E-state index < -0.39 is 9.84 Å². The summed E-state index contributed by atoms with van der Waals surface area (Å²) in [7, 11) is -2.92. The minimum atomic E-state index is -2.92. The second-order valence-corrected chi connectivity index (χ2v) is 9.51. The highest BCUT2D eigenvalue weighted by Crippen LogP contribution is 2.26. The van der Waals surface area contributed by atoms with Crippen molar-refractivity contribution in [1.29, 1.82) is 0 Å². The lowest BCUT2D eigenvalue weighted by Crippen LogP contribution is -2.40. The van der Waals surface area contributed by atoms with Gasteiger partial charge in [0.1, 0.15) is 0 Å². The van der Waals surface area contributed by atoms with Crippen LogP contribution in [0.1, 0.15) is 22.8 Å². The van der Waals surface area contributed by atoms with Crippen LogP contribution in [0.2, 0.25) is 0 Å². The third-order valence-corrected chi connectivity index (χ3v) is 6.83. The number of sulfone groups is 1. The molecular formula is C21H23N5O3S. The second kappa shape index (κ2) is 8.27. The van der Waals surface area contributed by atoms with Gasteiger partial charge < -0.3 is 10.2 Å². The van der Waals surface area contributed by atoms with Crippen LogP contribution >= 0.6 is 0 Å². The number of carbonyl (C=O) groups excluding carboxylic acids is 1. The maximum Gasteiger partial charge on any atom is 0.257 e. The Kier molecular flexibility index (Phi) is 5.54. The summed E-state index contributed by atoms with van der Waals surface area (Å²) in [6, 6.07) is 9.39. The number of aromatic nitrogens is 3. The molecule has 2 N–H and O–H groups in total. The Balaban J connectivity index is 1.52. The van der Waals surface area contributed by atoms with E-state index in [0.29, 0.717) is 18.7 Å². The Labute approximate surface area is 175 Å². The molecule has 1 aliphatic rings. The maximum absolute atomic E-state index is 12.8. The highest BCUT2D eigenvalue weighted by Gasteiger charge is 2.22. The quantitative estimate of drug-likeness (QED) is 0.650. The van der Waals surface area contributed by atoms with Crippen LogP contribution in [0.3, 0.4) is 0 Å². The number of pyridine rings is 1. The SMILES string of the molecule is CCc1cc(N2CCS(=O)(=O)CC2)ccc1NC(=O)c1cncc(-c2cc[nH]n2)c1. The standard InChI is InChI=1S/C21H23N5O3S/c1-2-15-12-18(26-7-9-30(28,29)10-8-26)3-4-19(15)24-21(27)17-11-16(13-22-14-17)20-5-6-23-25-20/h3-6,11-14H,2,7-10H2,1H3,(H,23,25)(H,24,27). The number of benzene rings is 1. The first-order valence-electron chi connectivity index (χ1n) is 9.80. The lowest BCUT2D eigenvalue weighted by molar-refractivity contribution is 0.102. The molecule has 0 saturated carbocycles. The summed E-state index contributed by atoms with van der Waals surface area (Å²) in [6.45, 7) is 3.00. The summed E-state index contributed by atoms with van der Waals surface area (Å²) >= 11 is 0. The van der Waals surface area contributed by atoms with Crippen LogP contribution in [-0.2, 0) is 16.3 Å². The molecule has 9 heteroatoms. The highest BCUT2D eigenvalue weighted by molar-refractivity contribution is 7.91. The monoisotopic (exact) mass is 425 g/mol. The minimum Gasteiger partial charge on any atom is -0.369 e. The van der Waals surface area contributed by atoms with Gasteiger partial charge in [0.25, 0.3) is 5.91 Å². The average Bonchev–Trinajstić information content (AvgIpc) is 3.29. The van der Waals surface area contributed by atoms with Crippen molar-refractivity contribution in [1.82, 2.24) is 15.2 Å². The predicted molar refractivity (Wildman–Crippen MR) is 116 cm³/mol. The van der Waals surface area contributed by atoms with Gasteiger partial charge in [-0.25, -0.2) is 8.42 Å². The third kappa shape index (κ3) is 4.35. The summed E-state index contributed by atoms with van der Waals surface area (Å²) in [6.07, 6.45) is 5.65. The Morgan fingerprint density at radius 3 is 2.67 bits per heavy atom. The van der Waals surface area contributed by atoms with Gasteiger partial charge in [0.05, 0.1) is 22.8 Å². The van der Waals surface area contributed by atoms with Gasteiger partial charge in [-0.2, -0.15) is 5.10 Å². The molecule has 156 valence electrons. The molecule has 1 saturated heterocycles. The van der Waals surface area contributed by atoms with Crippen LogP contribution in [0.25, 0.3) is 11.3 Å². The van der Waals surface area contributed by atoms with Gasteiger partial charge in [0.15, 0.2) is 9.84 Å². The van der Waals surface area contributed by atoms with Crippen LogP contribution in [0.5, 0.6) is 0 Å². The van der Waals surface area contributed by atoms with E-state index in [9.17, 15) is 13.2 Å². The van der Waals surface area contributed by atoms with Crippen molar-refractivity contribution < 1.29 is 13.2 Å². The Morgan fingerprint density at radius 1 is 1.17 bits per heavy atom. The number of nitrogens with zero attached hydrogens (tertiary/aromatic N) is 3. The number of hydrogen-bond acceptors (Lipinski definition) is 6. The van der Waals surface area contributed by atoms with Crippen LogP contribution in [0, 0.1) is 0 Å². The molecule has 0 radical (unpaired) electrons. The number of hydrogen-bond donors (Lipinski definition) is 2. The molecule has 0 unspecified atom stereocenters. The van der Waals surface area contributed by atoms with Crippen LogP contribution in [0.4, 0.5) is 11.4 Å². The van der Waals surface area contributed by atoms with Crippen molar-refractivity contribution in [3.8, 4) is 11.3 Å². The number of anilines is 2. The lowest BCUT2D eigenvalue weighted by Gasteiger charge is -2.29. The first-order valence-corrected chi connectivity index (χ1v) is 11.6. The molecule has 1 aliphatic heterocycles. The molecule has 0 atom stereocenters. The topological polar surface area (TPSA) is 108 Å². The molecule has 0 aliphatic carbocycles. The molecular weight excluding hydrogens is 402 g/mol. The molecule has 3 heterocycles. The predicted octanol–water partition coefficient (Wildman–Crippen LogP) is 2.52. The van der Waals surface area contributed by atoms with E-state index in [4.69, 9.17) is 0 Å². The molecule has 0 bridgehead atoms. The van der Waals surface area contributed by atoms with E-state index in [1.807, 2.05) is 31.2 Å². The summed E-state index contributed by atoms with van der Waals surface area (Å²) in [5.41, 5.74) is 4.63. The largest absolute Gasteiger partial charge is 0.369 e. The van der Waals surface area contributed by atoms with E-state index in [2.05, 4.69) is 25.4 Å². The lowest BCUT2D eigenvalue weighted by atomic mass is 10.1. The smallest absolute Gasteiger partial charge is 0.257 e. The van der Waals surface area contributed by atoms with Crippen molar-refractivity contribution in [2.75, 3.05) is 34.8 Å². The fraction of sp³-hybridized carbons (Fsp3) is 0.286. The van der Waals surface area contributed by atoms with E-state index >= 15 is 0 Å². The zero-order valence-corrected chi connectivity index (χ0v) is 17.4. The van der Waals surface area contributed by atoms with Gasteiger partial charge in [-0.05, 0) is 42.3 Å². The van der Waals surface area contributed by atoms with Gasteiger partial charge in [-0.1, -0.05) is 6.92 Å². The summed E-state index contributed by atoms with van der Waals surface area (Å²) < 4.78 is 23.3. The van der Waals surface area contributed by atoms with Gasteiger partial charge in [0, 0.05) is 48.6 Å². The van der Waals surface area contributed by atoms with Crippen LogP contribution in [0.15, 0.2) is 48.9 Å². The number of amides is 1. The summed E-state index contributed by atoms with van der Waals surface area (Å²) in [4.78, 5) is 19.0. The fourth-order valence-electron chi connectivity index (χ4n) is 3.48. The van der Waals surface area contributed by atoms with Crippen LogP contribution in [-0.4, -0.2) is 54.1 Å². The van der Waals surface area contributed by atoms with Crippen molar-refractivity contribution in [3.05, 3.63) is 60.0 Å². The van der Waals surface area contributed by atoms with E-state index in [1.165, 1.54) is 6.20 Å². The molecule has 4 rings (SSSR count). The molecule has 2 aromatic heterocycles. The molecule has 8 nitrogen and oxygen atoms in total.